The van der Waals surface area contributed by atoms with Crippen molar-refractivity contribution in [3.8, 4) is 0 Å². The largest absolute Gasteiger partial charge is 0.399 e. The number of aliphatic hydroxyl groups is 1. The Hall–Kier alpha value is -1.55. The first kappa shape index (κ1) is 12.5. The van der Waals surface area contributed by atoms with Crippen molar-refractivity contribution in [1.82, 2.24) is 9.55 Å². The number of nitrogens with zero attached hydrogens (tertiary/aromatic N) is 2. The van der Waals surface area contributed by atoms with Gasteiger partial charge in [-0.25, -0.2) is 4.98 Å². The third kappa shape index (κ3) is 2.21. The summed E-state index contributed by atoms with van der Waals surface area (Å²) in [5, 5.41) is 9.27. The van der Waals surface area contributed by atoms with Crippen LogP contribution in [-0.4, -0.2) is 21.3 Å². The molecule has 4 nitrogen and oxygen atoms in total. The van der Waals surface area contributed by atoms with Gasteiger partial charge in [0.1, 0.15) is 5.82 Å². The molecule has 19 heavy (non-hydrogen) atoms. The second kappa shape index (κ2) is 4.85. The second-order valence-electron chi connectivity index (χ2n) is 5.44. The van der Waals surface area contributed by atoms with Crippen molar-refractivity contribution in [2.75, 3.05) is 12.3 Å². The first-order valence-corrected chi connectivity index (χ1v) is 7.12. The minimum atomic E-state index is 0.220. The summed E-state index contributed by atoms with van der Waals surface area (Å²) in [6, 6.07) is 6.27. The molecule has 1 aliphatic carbocycles. The van der Waals surface area contributed by atoms with E-state index in [1.54, 1.807) is 0 Å². The molecule has 102 valence electrons. The van der Waals surface area contributed by atoms with Gasteiger partial charge in [0.15, 0.2) is 0 Å². The summed E-state index contributed by atoms with van der Waals surface area (Å²) >= 11 is 0. The Kier molecular flexibility index (Phi) is 3.19. The quantitative estimate of drug-likeness (QED) is 0.811. The van der Waals surface area contributed by atoms with Crippen molar-refractivity contribution in [2.45, 2.75) is 44.6 Å². The second-order valence-corrected chi connectivity index (χ2v) is 5.44. The van der Waals surface area contributed by atoms with Gasteiger partial charge >= 0.3 is 0 Å². The molecule has 1 aromatic carbocycles. The lowest BCUT2D eigenvalue weighted by Crippen LogP contribution is -2.12. The average molecular weight is 259 g/mol. The molecule has 1 atom stereocenters. The first-order valence-electron chi connectivity index (χ1n) is 7.12. The molecular weight excluding hydrogens is 238 g/mol. The van der Waals surface area contributed by atoms with E-state index in [-0.39, 0.29) is 6.61 Å². The maximum Gasteiger partial charge on any atom is 0.113 e. The van der Waals surface area contributed by atoms with Gasteiger partial charge < -0.3 is 15.4 Å². The van der Waals surface area contributed by atoms with Gasteiger partial charge in [0.05, 0.1) is 11.0 Å². The zero-order valence-electron chi connectivity index (χ0n) is 11.3. The maximum atomic E-state index is 9.27. The van der Waals surface area contributed by atoms with E-state index in [0.29, 0.717) is 12.0 Å². The molecule has 1 fully saturated rings. The van der Waals surface area contributed by atoms with Crippen LogP contribution < -0.4 is 5.73 Å². The van der Waals surface area contributed by atoms with Gasteiger partial charge in [0.2, 0.25) is 0 Å². The van der Waals surface area contributed by atoms with Crippen molar-refractivity contribution in [2.24, 2.45) is 0 Å². The van der Waals surface area contributed by atoms with E-state index in [1.807, 2.05) is 12.1 Å². The maximum absolute atomic E-state index is 9.27. The first-order chi connectivity index (χ1) is 9.24. The standard InChI is InChI=1S/C15H21N3O/c1-2-12(7-8-19)18-14-6-5-11(16)9-13(14)17-15(18)10-3-4-10/h5-6,9-10,12,19H,2-4,7-8,16H2,1H3. The number of hydrogen-bond donors (Lipinski definition) is 2. The molecular formula is C15H21N3O. The van der Waals surface area contributed by atoms with Gasteiger partial charge in [-0.15, -0.1) is 0 Å². The number of aliphatic hydroxyl groups excluding tert-OH is 1. The summed E-state index contributed by atoms with van der Waals surface area (Å²) in [5.74, 6) is 1.78. The number of nitrogens with two attached hydrogens (primary N) is 1. The summed E-state index contributed by atoms with van der Waals surface area (Å²) in [6.07, 6.45) is 4.25. The summed E-state index contributed by atoms with van der Waals surface area (Å²) in [6.45, 7) is 2.39. The van der Waals surface area contributed by atoms with E-state index in [0.717, 1.165) is 29.6 Å². The molecule has 0 aliphatic heterocycles. The monoisotopic (exact) mass is 259 g/mol. The number of benzene rings is 1. The normalized spacial score (nSPS) is 16.9. The van der Waals surface area contributed by atoms with Crippen LogP contribution in [0.2, 0.25) is 0 Å². The highest BCUT2D eigenvalue weighted by atomic mass is 16.3. The van der Waals surface area contributed by atoms with Gasteiger partial charge in [-0.2, -0.15) is 0 Å². The summed E-state index contributed by atoms with van der Waals surface area (Å²) in [5.41, 5.74) is 8.75. The van der Waals surface area contributed by atoms with Crippen LogP contribution in [0.1, 0.15) is 50.4 Å². The Morgan fingerprint density at radius 2 is 2.26 bits per heavy atom. The average Bonchev–Trinajstić information content (AvgIpc) is 3.18. The molecule has 1 saturated carbocycles. The van der Waals surface area contributed by atoms with Crippen LogP contribution in [0.5, 0.6) is 0 Å². The van der Waals surface area contributed by atoms with Gasteiger partial charge in [-0.05, 0) is 43.9 Å². The van der Waals surface area contributed by atoms with E-state index >= 15 is 0 Å². The summed E-state index contributed by atoms with van der Waals surface area (Å²) in [4.78, 5) is 4.79. The third-order valence-corrected chi connectivity index (χ3v) is 3.98. The Morgan fingerprint density at radius 3 is 2.89 bits per heavy atom. The van der Waals surface area contributed by atoms with E-state index in [1.165, 1.54) is 18.7 Å². The van der Waals surface area contributed by atoms with E-state index in [9.17, 15) is 5.11 Å². The number of fused-ring (bicyclic) bond motifs is 1. The Labute approximate surface area is 113 Å². The van der Waals surface area contributed by atoms with E-state index in [2.05, 4.69) is 17.6 Å². The van der Waals surface area contributed by atoms with Crippen LogP contribution in [0, 0.1) is 0 Å². The predicted molar refractivity (Wildman–Crippen MR) is 77.2 cm³/mol. The van der Waals surface area contributed by atoms with Crippen LogP contribution in [-0.2, 0) is 0 Å². The molecule has 1 aromatic heterocycles. The van der Waals surface area contributed by atoms with Gasteiger partial charge in [-0.3, -0.25) is 0 Å². The van der Waals surface area contributed by atoms with Crippen molar-refractivity contribution < 1.29 is 5.11 Å². The highest BCUT2D eigenvalue weighted by Gasteiger charge is 2.31. The van der Waals surface area contributed by atoms with E-state index in [4.69, 9.17) is 10.7 Å². The third-order valence-electron chi connectivity index (χ3n) is 3.98. The number of nitrogen functional groups attached to an aromatic ring is 1. The lowest BCUT2D eigenvalue weighted by atomic mass is 10.1. The molecule has 0 radical (unpaired) electrons. The zero-order chi connectivity index (χ0) is 13.4. The SMILES string of the molecule is CCC(CCO)n1c(C2CC2)nc2cc(N)ccc21. The molecule has 1 unspecified atom stereocenters. The van der Waals surface area contributed by atoms with Crippen molar-refractivity contribution in [1.29, 1.82) is 0 Å². The molecule has 0 spiro atoms. The van der Waals surface area contributed by atoms with Gasteiger partial charge in [0, 0.05) is 24.3 Å². The molecule has 0 amide bonds. The molecule has 0 saturated heterocycles. The Bertz CT molecular complexity index is 586. The highest BCUT2D eigenvalue weighted by molar-refractivity contribution is 5.80. The predicted octanol–water partition coefficient (Wildman–Crippen LogP) is 2.83. The Morgan fingerprint density at radius 1 is 1.47 bits per heavy atom. The minimum Gasteiger partial charge on any atom is -0.399 e. The van der Waals surface area contributed by atoms with Gasteiger partial charge in [-0.1, -0.05) is 6.92 Å². The highest BCUT2D eigenvalue weighted by Crippen LogP contribution is 2.42. The van der Waals surface area contributed by atoms with Crippen molar-refractivity contribution in [3.63, 3.8) is 0 Å². The molecule has 3 N–H and O–H groups in total. The fourth-order valence-electron chi connectivity index (χ4n) is 2.81. The summed E-state index contributed by atoms with van der Waals surface area (Å²) in [7, 11) is 0. The molecule has 1 aliphatic rings. The Balaban J connectivity index is 2.15. The van der Waals surface area contributed by atoms with Crippen molar-refractivity contribution in [3.05, 3.63) is 24.0 Å². The fraction of sp³-hybridized carbons (Fsp3) is 0.533. The van der Waals surface area contributed by atoms with Crippen LogP contribution in [0.3, 0.4) is 0 Å². The van der Waals surface area contributed by atoms with Crippen LogP contribution >= 0.6 is 0 Å². The van der Waals surface area contributed by atoms with Crippen molar-refractivity contribution >= 4 is 16.7 Å². The fourth-order valence-corrected chi connectivity index (χ4v) is 2.81. The topological polar surface area (TPSA) is 64.1 Å². The lowest BCUT2D eigenvalue weighted by Gasteiger charge is -2.19. The number of rotatable bonds is 5. The summed E-state index contributed by atoms with van der Waals surface area (Å²) < 4.78 is 2.34. The van der Waals surface area contributed by atoms with Gasteiger partial charge in [0.25, 0.3) is 0 Å². The molecule has 2 aromatic rings. The molecule has 3 rings (SSSR count). The number of anilines is 1. The molecule has 1 heterocycles. The number of aromatic nitrogens is 2. The number of hydrogen-bond acceptors (Lipinski definition) is 3. The molecule has 0 bridgehead atoms. The number of imidazole rings is 1. The van der Waals surface area contributed by atoms with Crippen LogP contribution in [0.25, 0.3) is 11.0 Å². The molecule has 4 heteroatoms. The lowest BCUT2D eigenvalue weighted by molar-refractivity contribution is 0.254. The van der Waals surface area contributed by atoms with Crippen LogP contribution in [0.15, 0.2) is 18.2 Å². The smallest absolute Gasteiger partial charge is 0.113 e. The van der Waals surface area contributed by atoms with E-state index < -0.39 is 0 Å². The minimum absolute atomic E-state index is 0.220. The van der Waals surface area contributed by atoms with Crippen LogP contribution in [0.4, 0.5) is 5.69 Å². The zero-order valence-corrected chi connectivity index (χ0v) is 11.3.